The molecule has 12 heteroatoms. The van der Waals surface area contributed by atoms with Gasteiger partial charge in [0.25, 0.3) is 20.0 Å². The van der Waals surface area contributed by atoms with E-state index in [4.69, 9.17) is 9.47 Å². The first-order valence-electron chi connectivity index (χ1n) is 10.6. The highest BCUT2D eigenvalue weighted by Gasteiger charge is 2.22. The fourth-order valence-corrected chi connectivity index (χ4v) is 5.32. The zero-order valence-corrected chi connectivity index (χ0v) is 21.3. The lowest BCUT2D eigenvalue weighted by atomic mass is 10.2. The van der Waals surface area contributed by atoms with E-state index in [2.05, 4.69) is 14.4 Å². The zero-order chi connectivity index (χ0) is 25.9. The predicted molar refractivity (Wildman–Crippen MR) is 136 cm³/mol. The van der Waals surface area contributed by atoms with Crippen LogP contribution < -0.4 is 18.9 Å². The van der Waals surface area contributed by atoms with E-state index in [1.807, 2.05) is 6.92 Å². The molecule has 1 heterocycles. The van der Waals surface area contributed by atoms with Crippen LogP contribution in [0.5, 0.6) is 17.2 Å². The number of nitrogens with zero attached hydrogens (tertiary/aromatic N) is 2. The molecule has 0 aliphatic carbocycles. The largest absolute Gasteiger partial charge is 0.497 e. The van der Waals surface area contributed by atoms with E-state index in [1.54, 1.807) is 50.6 Å². The van der Waals surface area contributed by atoms with Gasteiger partial charge in [0.15, 0.2) is 5.03 Å². The van der Waals surface area contributed by atoms with Crippen molar-refractivity contribution in [3.05, 3.63) is 84.8 Å². The maximum Gasteiger partial charge on any atom is 0.281 e. The SMILES string of the molecule is COc1ccc(Oc2ccc(NS(=O)(=O)c3ccc(C)cc3)c(NS(=O)(=O)c3cn(C)cn3)c2)cc1. The third-order valence-electron chi connectivity index (χ3n) is 5.06. The molecule has 0 radical (unpaired) electrons. The third kappa shape index (κ3) is 5.78. The molecule has 1 aromatic heterocycles. The number of hydrogen-bond acceptors (Lipinski definition) is 7. The Kier molecular flexibility index (Phi) is 6.91. The van der Waals surface area contributed by atoms with Crippen LogP contribution in [-0.2, 0) is 27.1 Å². The lowest BCUT2D eigenvalue weighted by Gasteiger charge is -2.16. The molecule has 10 nitrogen and oxygen atoms in total. The average molecular weight is 529 g/mol. The molecular weight excluding hydrogens is 504 g/mol. The van der Waals surface area contributed by atoms with E-state index in [9.17, 15) is 16.8 Å². The van der Waals surface area contributed by atoms with E-state index in [0.717, 1.165) is 5.56 Å². The van der Waals surface area contributed by atoms with Crippen molar-refractivity contribution >= 4 is 31.4 Å². The number of nitrogens with one attached hydrogen (secondary N) is 2. The van der Waals surface area contributed by atoms with Gasteiger partial charge >= 0.3 is 0 Å². The number of benzene rings is 3. The summed E-state index contributed by atoms with van der Waals surface area (Å²) in [6, 6.07) is 17.4. The van der Waals surface area contributed by atoms with Crippen molar-refractivity contribution in [2.24, 2.45) is 7.05 Å². The van der Waals surface area contributed by atoms with Gasteiger partial charge in [0.1, 0.15) is 17.2 Å². The Bertz CT molecular complexity index is 1580. The third-order valence-corrected chi connectivity index (χ3v) is 7.69. The molecule has 0 saturated heterocycles. The van der Waals surface area contributed by atoms with Crippen molar-refractivity contribution in [3.63, 3.8) is 0 Å². The van der Waals surface area contributed by atoms with E-state index in [0.29, 0.717) is 11.5 Å². The molecule has 0 fully saturated rings. The number of aromatic nitrogens is 2. The van der Waals surface area contributed by atoms with Gasteiger partial charge in [0.2, 0.25) is 0 Å². The summed E-state index contributed by atoms with van der Waals surface area (Å²) in [5, 5.41) is -0.223. The molecule has 0 atom stereocenters. The molecule has 0 spiro atoms. The van der Waals surface area contributed by atoms with Gasteiger partial charge in [0, 0.05) is 19.3 Å². The molecule has 2 N–H and O–H groups in total. The molecule has 0 bridgehead atoms. The normalized spacial score (nSPS) is 11.6. The summed E-state index contributed by atoms with van der Waals surface area (Å²) < 4.78 is 69.2. The van der Waals surface area contributed by atoms with E-state index in [1.165, 1.54) is 47.4 Å². The number of anilines is 2. The number of aryl methyl sites for hydroxylation is 2. The quantitative estimate of drug-likeness (QED) is 0.334. The highest BCUT2D eigenvalue weighted by atomic mass is 32.2. The highest BCUT2D eigenvalue weighted by Crippen LogP contribution is 2.33. The Morgan fingerprint density at radius 2 is 1.39 bits per heavy atom. The molecule has 4 aromatic rings. The van der Waals surface area contributed by atoms with Crippen LogP contribution in [0.3, 0.4) is 0 Å². The maximum atomic E-state index is 13.0. The van der Waals surface area contributed by atoms with Crippen LogP contribution in [0.15, 0.2) is 89.2 Å². The maximum absolute atomic E-state index is 13.0. The second-order valence-electron chi connectivity index (χ2n) is 7.89. The van der Waals surface area contributed by atoms with Gasteiger partial charge in [-0.1, -0.05) is 17.7 Å². The summed E-state index contributed by atoms with van der Waals surface area (Å²) >= 11 is 0. The standard InChI is InChI=1S/C24H24N4O6S2/c1-17-4-11-21(12-5-17)35(29,30)26-22-13-10-20(34-19-8-6-18(33-3)7-9-19)14-23(22)27-36(31,32)24-15-28(2)16-25-24/h4-16,26-27H,1-3H3. The molecule has 0 unspecified atom stereocenters. The summed E-state index contributed by atoms with van der Waals surface area (Å²) in [5.41, 5.74) is 0.873. The highest BCUT2D eigenvalue weighted by molar-refractivity contribution is 7.93. The molecule has 0 aliphatic rings. The fraction of sp³-hybridized carbons (Fsp3) is 0.125. The molecule has 0 aliphatic heterocycles. The minimum absolute atomic E-state index is 0.0113. The molecule has 0 amide bonds. The van der Waals surface area contributed by atoms with Crippen molar-refractivity contribution in [1.29, 1.82) is 0 Å². The molecule has 0 saturated carbocycles. The summed E-state index contributed by atoms with van der Waals surface area (Å²) in [6.07, 6.45) is 2.68. The van der Waals surface area contributed by atoms with Crippen LogP contribution in [0.25, 0.3) is 0 Å². The van der Waals surface area contributed by atoms with Crippen molar-refractivity contribution < 1.29 is 26.3 Å². The van der Waals surface area contributed by atoms with Gasteiger partial charge in [-0.2, -0.15) is 8.42 Å². The Morgan fingerprint density at radius 1 is 0.778 bits per heavy atom. The lowest BCUT2D eigenvalue weighted by molar-refractivity contribution is 0.413. The number of hydrogen-bond donors (Lipinski definition) is 2. The molecule has 188 valence electrons. The van der Waals surface area contributed by atoms with Crippen LogP contribution in [0.4, 0.5) is 11.4 Å². The Hall–Kier alpha value is -4.03. The lowest BCUT2D eigenvalue weighted by Crippen LogP contribution is -2.18. The van der Waals surface area contributed by atoms with Crippen molar-refractivity contribution in [1.82, 2.24) is 9.55 Å². The number of methoxy groups -OCH3 is 1. The summed E-state index contributed by atoms with van der Waals surface area (Å²) in [5.74, 6) is 1.39. The van der Waals surface area contributed by atoms with Crippen molar-refractivity contribution in [2.45, 2.75) is 16.8 Å². The predicted octanol–water partition coefficient (Wildman–Crippen LogP) is 4.13. The first kappa shape index (κ1) is 25.1. The van der Waals surface area contributed by atoms with E-state index in [-0.39, 0.29) is 27.0 Å². The second-order valence-corrected chi connectivity index (χ2v) is 11.2. The number of sulfonamides is 2. The first-order valence-corrected chi connectivity index (χ1v) is 13.6. The zero-order valence-electron chi connectivity index (χ0n) is 19.7. The van der Waals surface area contributed by atoms with Gasteiger partial charge in [-0.15, -0.1) is 0 Å². The number of rotatable bonds is 9. The summed E-state index contributed by atoms with van der Waals surface area (Å²) in [4.78, 5) is 3.91. The molecule has 36 heavy (non-hydrogen) atoms. The van der Waals surface area contributed by atoms with Crippen LogP contribution >= 0.6 is 0 Å². The number of imidazole rings is 1. The van der Waals surface area contributed by atoms with Crippen molar-refractivity contribution in [2.75, 3.05) is 16.6 Å². The van der Waals surface area contributed by atoms with Crippen molar-refractivity contribution in [3.8, 4) is 17.2 Å². The van der Waals surface area contributed by atoms with Gasteiger partial charge < -0.3 is 14.0 Å². The minimum atomic E-state index is -4.13. The topological polar surface area (TPSA) is 129 Å². The number of ether oxygens (including phenoxy) is 2. The van der Waals surface area contributed by atoms with Crippen LogP contribution in [-0.4, -0.2) is 33.5 Å². The molecule has 3 aromatic carbocycles. The minimum Gasteiger partial charge on any atom is -0.497 e. The van der Waals surface area contributed by atoms with Gasteiger partial charge in [-0.25, -0.2) is 13.4 Å². The van der Waals surface area contributed by atoms with Gasteiger partial charge in [0.05, 0.1) is 29.7 Å². The van der Waals surface area contributed by atoms with Crippen LogP contribution in [0, 0.1) is 6.92 Å². The fourth-order valence-electron chi connectivity index (χ4n) is 3.19. The van der Waals surface area contributed by atoms with E-state index >= 15 is 0 Å². The Labute approximate surface area is 209 Å². The Morgan fingerprint density at radius 3 is 2.00 bits per heavy atom. The van der Waals surface area contributed by atoms with Crippen LogP contribution in [0.1, 0.15) is 5.56 Å². The molecular formula is C24H24N4O6S2. The summed E-state index contributed by atoms with van der Waals surface area (Å²) in [7, 11) is -4.95. The monoisotopic (exact) mass is 528 g/mol. The van der Waals surface area contributed by atoms with Gasteiger partial charge in [-0.05, 0) is 55.5 Å². The van der Waals surface area contributed by atoms with Gasteiger partial charge in [-0.3, -0.25) is 9.44 Å². The van der Waals surface area contributed by atoms with Crippen LogP contribution in [0.2, 0.25) is 0 Å². The molecule has 4 rings (SSSR count). The first-order chi connectivity index (χ1) is 17.1. The summed E-state index contributed by atoms with van der Waals surface area (Å²) in [6.45, 7) is 1.84. The smallest absolute Gasteiger partial charge is 0.281 e. The average Bonchev–Trinajstić information content (AvgIpc) is 3.29. The Balaban J connectivity index is 1.70. The van der Waals surface area contributed by atoms with E-state index < -0.39 is 20.0 Å². The second kappa shape index (κ2) is 9.91.